The van der Waals surface area contributed by atoms with Crippen molar-refractivity contribution in [3.63, 3.8) is 0 Å². The molecule has 146 valence electrons. The van der Waals surface area contributed by atoms with E-state index in [1.807, 2.05) is 24.1 Å². The van der Waals surface area contributed by atoms with E-state index in [1.165, 1.54) is 12.1 Å². The van der Waals surface area contributed by atoms with Crippen molar-refractivity contribution in [1.29, 1.82) is 0 Å². The average Bonchev–Trinajstić information content (AvgIpc) is 3.16. The van der Waals surface area contributed by atoms with E-state index in [0.29, 0.717) is 5.69 Å². The van der Waals surface area contributed by atoms with Gasteiger partial charge in [-0.1, -0.05) is 30.1 Å². The van der Waals surface area contributed by atoms with Crippen LogP contribution in [0, 0.1) is 5.82 Å². The number of carbonyl (C=O) groups is 1. The van der Waals surface area contributed by atoms with Gasteiger partial charge in [0.1, 0.15) is 17.3 Å². The molecule has 0 bridgehead atoms. The summed E-state index contributed by atoms with van der Waals surface area (Å²) >= 11 is 0. The Morgan fingerprint density at radius 1 is 1.30 bits per heavy atom. The van der Waals surface area contributed by atoms with Crippen LogP contribution in [-0.2, 0) is 11.2 Å². The molecule has 3 rings (SSSR count). The number of unbranched alkanes of at least 4 members (excludes halogenated alkanes) is 2. The number of halogens is 1. The maximum absolute atomic E-state index is 13.3. The van der Waals surface area contributed by atoms with E-state index in [2.05, 4.69) is 10.5 Å². The molecule has 0 aliphatic carbocycles. The number of hydrogen-bond donors (Lipinski definition) is 1. The second-order valence-corrected chi connectivity index (χ2v) is 7.26. The lowest BCUT2D eigenvalue weighted by Gasteiger charge is -2.27. The maximum atomic E-state index is 13.3. The second-order valence-electron chi connectivity index (χ2n) is 7.26. The van der Waals surface area contributed by atoms with Gasteiger partial charge in [-0.05, 0) is 44.4 Å². The van der Waals surface area contributed by atoms with Crippen LogP contribution in [0.4, 0.5) is 4.39 Å². The normalized spacial score (nSPS) is 17.0. The van der Waals surface area contributed by atoms with Crippen molar-refractivity contribution in [2.45, 2.75) is 51.0 Å². The molecule has 27 heavy (non-hydrogen) atoms. The third-order valence-corrected chi connectivity index (χ3v) is 5.08. The summed E-state index contributed by atoms with van der Waals surface area (Å²) < 4.78 is 18.7. The van der Waals surface area contributed by atoms with Gasteiger partial charge in [0.15, 0.2) is 0 Å². The molecule has 0 saturated carbocycles. The van der Waals surface area contributed by atoms with Gasteiger partial charge in [-0.15, -0.1) is 0 Å². The van der Waals surface area contributed by atoms with E-state index in [0.717, 1.165) is 69.4 Å². The van der Waals surface area contributed by atoms with Gasteiger partial charge in [0.05, 0.1) is 6.04 Å². The number of nitrogens with zero attached hydrogens (tertiary/aromatic N) is 2. The molecule has 0 radical (unpaired) electrons. The Hall–Kier alpha value is -2.21. The van der Waals surface area contributed by atoms with Crippen molar-refractivity contribution in [2.24, 2.45) is 0 Å². The van der Waals surface area contributed by atoms with Crippen LogP contribution in [-0.4, -0.2) is 42.1 Å². The number of likely N-dealkylation sites (N-methyl/N-ethyl adjacent to an activating group) is 1. The van der Waals surface area contributed by atoms with Gasteiger partial charge >= 0.3 is 0 Å². The predicted octanol–water partition coefficient (Wildman–Crippen LogP) is 3.79. The Labute approximate surface area is 159 Å². The minimum Gasteiger partial charge on any atom is -0.361 e. The van der Waals surface area contributed by atoms with E-state index < -0.39 is 0 Å². The molecular weight excluding hydrogens is 345 g/mol. The number of aromatic nitrogens is 1. The van der Waals surface area contributed by atoms with E-state index >= 15 is 0 Å². The molecule has 1 aliphatic rings. The zero-order valence-electron chi connectivity index (χ0n) is 15.9. The first-order valence-corrected chi connectivity index (χ1v) is 9.83. The van der Waals surface area contributed by atoms with Crippen LogP contribution in [0.5, 0.6) is 0 Å². The van der Waals surface area contributed by atoms with E-state index in [-0.39, 0.29) is 17.8 Å². The molecule has 2 aromatic rings. The van der Waals surface area contributed by atoms with Crippen LogP contribution in [0.15, 0.2) is 34.9 Å². The lowest BCUT2D eigenvalue weighted by molar-refractivity contribution is -0.132. The molecule has 1 fully saturated rings. The van der Waals surface area contributed by atoms with Gasteiger partial charge in [-0.3, -0.25) is 4.79 Å². The van der Waals surface area contributed by atoms with Gasteiger partial charge in [0, 0.05) is 31.6 Å². The number of piperidine rings is 1. The Morgan fingerprint density at radius 3 is 2.96 bits per heavy atom. The second kappa shape index (κ2) is 9.65. The predicted molar refractivity (Wildman–Crippen MR) is 103 cm³/mol. The Bertz CT molecular complexity index is 741. The highest BCUT2D eigenvalue weighted by Gasteiger charge is 2.23. The molecule has 1 amide bonds. The molecule has 1 unspecified atom stereocenters. The number of hydrogen-bond acceptors (Lipinski definition) is 4. The van der Waals surface area contributed by atoms with Crippen molar-refractivity contribution >= 4 is 5.91 Å². The van der Waals surface area contributed by atoms with Gasteiger partial charge in [-0.2, -0.15) is 0 Å². The summed E-state index contributed by atoms with van der Waals surface area (Å²) in [6, 6.07) is 8.23. The number of aryl methyl sites for hydroxylation is 1. The molecule has 6 heteroatoms. The molecule has 2 heterocycles. The van der Waals surface area contributed by atoms with Gasteiger partial charge in [0.2, 0.25) is 5.91 Å². The van der Waals surface area contributed by atoms with E-state index in [4.69, 9.17) is 4.52 Å². The zero-order valence-corrected chi connectivity index (χ0v) is 15.9. The summed E-state index contributed by atoms with van der Waals surface area (Å²) in [5.74, 6) is 0.744. The van der Waals surface area contributed by atoms with Crippen LogP contribution >= 0.6 is 0 Å². The zero-order chi connectivity index (χ0) is 19.1. The third-order valence-electron chi connectivity index (χ3n) is 5.08. The van der Waals surface area contributed by atoms with E-state index in [1.54, 1.807) is 6.07 Å². The summed E-state index contributed by atoms with van der Waals surface area (Å²) in [5, 5.41) is 7.34. The standard InChI is InChI=1S/C21H28FN3O2/c1-25(21(26)19-11-4-5-12-23-19)13-6-2-3-10-18-15-20(24-27-18)16-8-7-9-17(22)14-16/h7-9,14-15,19,23H,2-6,10-13H2,1H3. The van der Waals surface area contributed by atoms with Crippen molar-refractivity contribution in [2.75, 3.05) is 20.1 Å². The monoisotopic (exact) mass is 373 g/mol. The van der Waals surface area contributed by atoms with Crippen LogP contribution in [0.3, 0.4) is 0 Å². The highest BCUT2D eigenvalue weighted by molar-refractivity contribution is 5.81. The van der Waals surface area contributed by atoms with Crippen LogP contribution < -0.4 is 5.32 Å². The van der Waals surface area contributed by atoms with Crippen molar-refractivity contribution in [3.05, 3.63) is 41.9 Å². The number of benzene rings is 1. The highest BCUT2D eigenvalue weighted by Crippen LogP contribution is 2.21. The molecule has 1 aromatic carbocycles. The minimum atomic E-state index is -0.279. The number of carbonyl (C=O) groups excluding carboxylic acids is 1. The Morgan fingerprint density at radius 2 is 2.19 bits per heavy atom. The Kier molecular flexibility index (Phi) is 6.98. The lowest BCUT2D eigenvalue weighted by Crippen LogP contribution is -2.47. The lowest BCUT2D eigenvalue weighted by atomic mass is 10.0. The molecule has 1 saturated heterocycles. The van der Waals surface area contributed by atoms with Crippen LogP contribution in [0.2, 0.25) is 0 Å². The SMILES string of the molecule is CN(CCCCCc1cc(-c2cccc(F)c2)no1)C(=O)C1CCCCN1. The van der Waals surface area contributed by atoms with Crippen molar-refractivity contribution in [1.82, 2.24) is 15.4 Å². The summed E-state index contributed by atoms with van der Waals surface area (Å²) in [7, 11) is 1.89. The third kappa shape index (κ3) is 5.63. The van der Waals surface area contributed by atoms with Crippen molar-refractivity contribution < 1.29 is 13.7 Å². The Balaban J connectivity index is 1.36. The molecule has 1 aromatic heterocycles. The molecule has 1 N–H and O–H groups in total. The summed E-state index contributed by atoms with van der Waals surface area (Å²) in [4.78, 5) is 14.2. The van der Waals surface area contributed by atoms with Gasteiger partial charge in [-0.25, -0.2) is 4.39 Å². The van der Waals surface area contributed by atoms with E-state index in [9.17, 15) is 9.18 Å². The van der Waals surface area contributed by atoms with Crippen LogP contribution in [0.25, 0.3) is 11.3 Å². The average molecular weight is 373 g/mol. The smallest absolute Gasteiger partial charge is 0.239 e. The topological polar surface area (TPSA) is 58.4 Å². The molecule has 0 spiro atoms. The first-order valence-electron chi connectivity index (χ1n) is 9.83. The largest absolute Gasteiger partial charge is 0.361 e. The minimum absolute atomic E-state index is 0.000752. The molecule has 5 nitrogen and oxygen atoms in total. The number of rotatable bonds is 8. The number of nitrogens with one attached hydrogen (secondary N) is 1. The maximum Gasteiger partial charge on any atom is 0.239 e. The fourth-order valence-corrected chi connectivity index (χ4v) is 3.48. The molecular formula is C21H28FN3O2. The highest BCUT2D eigenvalue weighted by atomic mass is 19.1. The molecule has 1 atom stereocenters. The van der Waals surface area contributed by atoms with Gasteiger partial charge in [0.25, 0.3) is 0 Å². The first kappa shape index (κ1) is 19.5. The quantitative estimate of drug-likeness (QED) is 0.715. The molecule has 1 aliphatic heterocycles. The van der Waals surface area contributed by atoms with Gasteiger partial charge < -0.3 is 14.7 Å². The summed E-state index contributed by atoms with van der Waals surface area (Å²) in [5.41, 5.74) is 1.39. The summed E-state index contributed by atoms with van der Waals surface area (Å²) in [6.07, 6.45) is 7.00. The number of amides is 1. The fourth-order valence-electron chi connectivity index (χ4n) is 3.48. The van der Waals surface area contributed by atoms with Crippen LogP contribution in [0.1, 0.15) is 44.3 Å². The summed E-state index contributed by atoms with van der Waals surface area (Å²) in [6.45, 7) is 1.72. The first-order chi connectivity index (χ1) is 13.1. The fraction of sp³-hybridized carbons (Fsp3) is 0.524. The van der Waals surface area contributed by atoms with Crippen molar-refractivity contribution in [3.8, 4) is 11.3 Å².